The van der Waals surface area contributed by atoms with Gasteiger partial charge in [-0.15, -0.1) is 0 Å². The maximum absolute atomic E-state index is 6.06. The second-order valence-electron chi connectivity index (χ2n) is 5.55. The van der Waals surface area contributed by atoms with Crippen molar-refractivity contribution in [3.8, 4) is 0 Å². The third kappa shape index (κ3) is 1.89. The molecule has 0 amide bonds. The van der Waals surface area contributed by atoms with Gasteiger partial charge in [-0.3, -0.25) is 0 Å². The first kappa shape index (κ1) is 11.6. The molecule has 3 rings (SSSR count). The van der Waals surface area contributed by atoms with Gasteiger partial charge < -0.3 is 15.2 Å². The summed E-state index contributed by atoms with van der Waals surface area (Å²) >= 11 is 0. The molecule has 0 saturated carbocycles. The van der Waals surface area contributed by atoms with E-state index < -0.39 is 0 Å². The van der Waals surface area contributed by atoms with Crippen LogP contribution in [0.1, 0.15) is 24.3 Å². The fourth-order valence-corrected chi connectivity index (χ4v) is 3.08. The van der Waals surface area contributed by atoms with E-state index in [-0.39, 0.29) is 0 Å². The maximum atomic E-state index is 6.06. The third-order valence-electron chi connectivity index (χ3n) is 4.22. The van der Waals surface area contributed by atoms with Crippen molar-refractivity contribution in [3.05, 3.63) is 30.0 Å². The molecule has 0 bridgehead atoms. The average molecular weight is 243 g/mol. The van der Waals surface area contributed by atoms with E-state index in [1.165, 1.54) is 42.4 Å². The lowest BCUT2D eigenvalue weighted by atomic mass is 9.87. The quantitative estimate of drug-likeness (QED) is 0.781. The van der Waals surface area contributed by atoms with Gasteiger partial charge in [0.2, 0.25) is 0 Å². The van der Waals surface area contributed by atoms with E-state index in [9.17, 15) is 0 Å². The number of anilines is 1. The molecule has 0 unspecified atom stereocenters. The second kappa shape index (κ2) is 4.32. The predicted molar refractivity (Wildman–Crippen MR) is 76.8 cm³/mol. The maximum Gasteiger partial charge on any atom is 0.0501 e. The molecular formula is C15H21N3. The zero-order valence-electron chi connectivity index (χ0n) is 11.2. The van der Waals surface area contributed by atoms with Crippen molar-refractivity contribution in [1.82, 2.24) is 9.47 Å². The topological polar surface area (TPSA) is 34.2 Å². The molecule has 1 aliphatic heterocycles. The molecule has 0 aliphatic carbocycles. The largest absolute Gasteiger partial charge is 0.399 e. The monoisotopic (exact) mass is 243 g/mol. The number of aromatic nitrogens is 1. The Kier molecular flexibility index (Phi) is 2.78. The molecule has 0 atom stereocenters. The summed E-state index contributed by atoms with van der Waals surface area (Å²) in [6, 6.07) is 6.48. The molecule has 1 fully saturated rings. The van der Waals surface area contributed by atoms with Crippen molar-refractivity contribution >= 4 is 16.6 Å². The van der Waals surface area contributed by atoms with Gasteiger partial charge in [0.05, 0.1) is 5.52 Å². The molecule has 1 saturated heterocycles. The molecule has 18 heavy (non-hydrogen) atoms. The van der Waals surface area contributed by atoms with Crippen molar-refractivity contribution in [2.45, 2.75) is 18.8 Å². The van der Waals surface area contributed by atoms with Crippen LogP contribution in [0.2, 0.25) is 0 Å². The molecule has 3 heteroatoms. The van der Waals surface area contributed by atoms with Gasteiger partial charge in [-0.05, 0) is 62.7 Å². The summed E-state index contributed by atoms with van der Waals surface area (Å²) < 4.78 is 2.16. The zero-order chi connectivity index (χ0) is 12.7. The molecule has 2 N–H and O–H groups in total. The van der Waals surface area contributed by atoms with E-state index in [0.717, 1.165) is 5.69 Å². The number of rotatable bonds is 1. The van der Waals surface area contributed by atoms with Crippen molar-refractivity contribution in [2.24, 2.45) is 7.05 Å². The Balaban J connectivity index is 2.05. The Morgan fingerprint density at radius 1 is 1.17 bits per heavy atom. The molecular weight excluding hydrogens is 222 g/mol. The fourth-order valence-electron chi connectivity index (χ4n) is 3.08. The molecule has 3 nitrogen and oxygen atoms in total. The molecule has 2 heterocycles. The Hall–Kier alpha value is -1.48. The summed E-state index contributed by atoms with van der Waals surface area (Å²) in [5.74, 6) is 0.662. The highest BCUT2D eigenvalue weighted by atomic mass is 15.1. The van der Waals surface area contributed by atoms with Gasteiger partial charge in [0.25, 0.3) is 0 Å². The van der Waals surface area contributed by atoms with Gasteiger partial charge in [-0.1, -0.05) is 0 Å². The van der Waals surface area contributed by atoms with Crippen LogP contribution in [0, 0.1) is 0 Å². The van der Waals surface area contributed by atoms with Gasteiger partial charge in [0.1, 0.15) is 0 Å². The van der Waals surface area contributed by atoms with Crippen LogP contribution in [0.25, 0.3) is 10.9 Å². The Bertz CT molecular complexity index is 562. The summed E-state index contributed by atoms with van der Waals surface area (Å²) in [7, 11) is 4.29. The minimum absolute atomic E-state index is 0.662. The number of hydrogen-bond acceptors (Lipinski definition) is 2. The highest BCUT2D eigenvalue weighted by Crippen LogP contribution is 2.34. The van der Waals surface area contributed by atoms with Crippen LogP contribution in [0.15, 0.2) is 24.4 Å². The summed E-state index contributed by atoms with van der Waals surface area (Å²) in [5.41, 5.74) is 9.65. The van der Waals surface area contributed by atoms with Crippen LogP contribution in [-0.2, 0) is 7.05 Å². The first-order valence-corrected chi connectivity index (χ1v) is 6.68. The average Bonchev–Trinajstić information content (AvgIpc) is 2.71. The Morgan fingerprint density at radius 3 is 2.61 bits per heavy atom. The number of nitrogen functional groups attached to an aromatic ring is 1. The predicted octanol–water partition coefficient (Wildman–Crippen LogP) is 2.57. The lowest BCUT2D eigenvalue weighted by molar-refractivity contribution is 0.256. The number of likely N-dealkylation sites (tertiary alicyclic amines) is 1. The molecule has 1 aliphatic rings. The fraction of sp³-hybridized carbons (Fsp3) is 0.467. The number of benzene rings is 1. The molecule has 0 radical (unpaired) electrons. The normalized spacial score (nSPS) is 18.6. The van der Waals surface area contributed by atoms with Crippen molar-refractivity contribution in [3.63, 3.8) is 0 Å². The smallest absolute Gasteiger partial charge is 0.0501 e. The van der Waals surface area contributed by atoms with Crippen LogP contribution in [0.3, 0.4) is 0 Å². The summed E-state index contributed by atoms with van der Waals surface area (Å²) in [4.78, 5) is 2.41. The lowest BCUT2D eigenvalue weighted by Crippen LogP contribution is -2.29. The van der Waals surface area contributed by atoms with Crippen LogP contribution >= 0.6 is 0 Å². The number of piperidine rings is 1. The van der Waals surface area contributed by atoms with Crippen LogP contribution < -0.4 is 5.73 Å². The van der Waals surface area contributed by atoms with Crippen molar-refractivity contribution < 1.29 is 0 Å². The number of fused-ring (bicyclic) bond motifs is 1. The van der Waals surface area contributed by atoms with E-state index in [0.29, 0.717) is 5.92 Å². The molecule has 96 valence electrons. The number of hydrogen-bond donors (Lipinski definition) is 1. The second-order valence-corrected chi connectivity index (χ2v) is 5.55. The summed E-state index contributed by atoms with van der Waals surface area (Å²) in [6.07, 6.45) is 4.61. The minimum Gasteiger partial charge on any atom is -0.399 e. The SMILES string of the molecule is CN1CCC(c2cc(N)cc3c2ccn3C)CC1. The molecule has 1 aromatic heterocycles. The molecule has 1 aromatic carbocycles. The zero-order valence-corrected chi connectivity index (χ0v) is 11.2. The molecule has 2 aromatic rings. The van der Waals surface area contributed by atoms with Gasteiger partial charge >= 0.3 is 0 Å². The van der Waals surface area contributed by atoms with E-state index in [1.54, 1.807) is 0 Å². The standard InChI is InChI=1S/C15H21N3/c1-17-6-3-11(4-7-17)14-9-12(16)10-15-13(14)5-8-18(15)2/h5,8-11H,3-4,6-7,16H2,1-2H3. The van der Waals surface area contributed by atoms with E-state index in [2.05, 4.69) is 48.0 Å². The lowest BCUT2D eigenvalue weighted by Gasteiger charge is -2.29. The highest BCUT2D eigenvalue weighted by Gasteiger charge is 2.21. The summed E-state index contributed by atoms with van der Waals surface area (Å²) in [5, 5.41) is 1.38. The summed E-state index contributed by atoms with van der Waals surface area (Å²) in [6.45, 7) is 2.38. The van der Waals surface area contributed by atoms with E-state index in [1.807, 2.05) is 0 Å². The Morgan fingerprint density at radius 2 is 1.89 bits per heavy atom. The first-order valence-electron chi connectivity index (χ1n) is 6.68. The highest BCUT2D eigenvalue weighted by molar-refractivity contribution is 5.87. The number of aryl methyl sites for hydroxylation is 1. The minimum atomic E-state index is 0.662. The van der Waals surface area contributed by atoms with Crippen LogP contribution in [0.4, 0.5) is 5.69 Å². The number of nitrogens with zero attached hydrogens (tertiary/aromatic N) is 2. The van der Waals surface area contributed by atoms with Crippen molar-refractivity contribution in [2.75, 3.05) is 25.9 Å². The Labute approximate surface area is 108 Å². The van der Waals surface area contributed by atoms with Gasteiger partial charge in [0.15, 0.2) is 0 Å². The van der Waals surface area contributed by atoms with Crippen LogP contribution in [-0.4, -0.2) is 29.6 Å². The van der Waals surface area contributed by atoms with Crippen LogP contribution in [0.5, 0.6) is 0 Å². The third-order valence-corrected chi connectivity index (χ3v) is 4.22. The van der Waals surface area contributed by atoms with Crippen molar-refractivity contribution in [1.29, 1.82) is 0 Å². The number of nitrogens with two attached hydrogens (primary N) is 1. The van der Waals surface area contributed by atoms with Gasteiger partial charge in [-0.2, -0.15) is 0 Å². The molecule has 0 spiro atoms. The van der Waals surface area contributed by atoms with Gasteiger partial charge in [-0.25, -0.2) is 0 Å². The van der Waals surface area contributed by atoms with Gasteiger partial charge in [0, 0.05) is 24.3 Å². The van der Waals surface area contributed by atoms with E-state index >= 15 is 0 Å². The van der Waals surface area contributed by atoms with E-state index in [4.69, 9.17) is 5.73 Å². The first-order chi connectivity index (χ1) is 8.65.